The molecule has 2 aromatic rings. The molecule has 0 radical (unpaired) electrons. The first kappa shape index (κ1) is 15.2. The molecule has 2 rings (SSSR count). The van der Waals surface area contributed by atoms with Crippen LogP contribution in [-0.4, -0.2) is 9.97 Å². The van der Waals surface area contributed by atoms with E-state index in [1.54, 1.807) is 13.0 Å². The van der Waals surface area contributed by atoms with E-state index in [4.69, 9.17) is 21.6 Å². The minimum atomic E-state index is -0.642. The Morgan fingerprint density at radius 1 is 1.33 bits per heavy atom. The third kappa shape index (κ3) is 3.29. The maximum absolute atomic E-state index is 13.6. The molecule has 1 aromatic heterocycles. The van der Waals surface area contributed by atoms with Crippen molar-refractivity contribution in [2.24, 2.45) is 0 Å². The monoisotopic (exact) mass is 305 g/mol. The summed E-state index contributed by atoms with van der Waals surface area (Å²) in [6, 6.07) is 5.75. The highest BCUT2D eigenvalue weighted by Gasteiger charge is 2.14. The predicted octanol–water partition coefficient (Wildman–Crippen LogP) is 4.36. The average Bonchev–Trinajstić information content (AvgIpc) is 2.43. The predicted molar refractivity (Wildman–Crippen MR) is 77.1 cm³/mol. The normalized spacial score (nSPS) is 10.5. The number of aromatic nitrogens is 2. The maximum Gasteiger partial charge on any atom is 0.226 e. The van der Waals surface area contributed by atoms with Crippen molar-refractivity contribution >= 4 is 11.6 Å². The fourth-order valence-electron chi connectivity index (χ4n) is 1.60. The van der Waals surface area contributed by atoms with Gasteiger partial charge in [0, 0.05) is 17.5 Å². The van der Waals surface area contributed by atoms with Crippen LogP contribution in [0.1, 0.15) is 36.7 Å². The van der Waals surface area contributed by atoms with Crippen molar-refractivity contribution in [3.8, 4) is 17.7 Å². The summed E-state index contributed by atoms with van der Waals surface area (Å²) in [5.41, 5.74) is 0.536. The van der Waals surface area contributed by atoms with E-state index in [1.165, 1.54) is 12.1 Å². The van der Waals surface area contributed by atoms with Crippen molar-refractivity contribution in [1.82, 2.24) is 9.97 Å². The van der Waals surface area contributed by atoms with Crippen LogP contribution in [0.25, 0.3) is 0 Å². The van der Waals surface area contributed by atoms with Crippen LogP contribution in [0, 0.1) is 24.1 Å². The summed E-state index contributed by atoms with van der Waals surface area (Å²) in [5, 5.41) is 9.01. The van der Waals surface area contributed by atoms with Crippen molar-refractivity contribution < 1.29 is 9.13 Å². The molecule has 21 heavy (non-hydrogen) atoms. The summed E-state index contributed by atoms with van der Waals surface area (Å²) >= 11 is 6.06. The van der Waals surface area contributed by atoms with Gasteiger partial charge in [0.05, 0.1) is 5.56 Å². The van der Waals surface area contributed by atoms with Crippen LogP contribution in [0.4, 0.5) is 4.39 Å². The highest BCUT2D eigenvalue weighted by atomic mass is 35.5. The quantitative estimate of drug-likeness (QED) is 0.790. The molecule has 0 unspecified atom stereocenters. The molecule has 0 saturated carbocycles. The molecule has 1 aromatic carbocycles. The molecule has 0 amide bonds. The Kier molecular flexibility index (Phi) is 4.39. The van der Waals surface area contributed by atoms with Crippen molar-refractivity contribution in [3.63, 3.8) is 0 Å². The molecule has 0 spiro atoms. The lowest BCUT2D eigenvalue weighted by Crippen LogP contribution is -2.02. The Morgan fingerprint density at radius 3 is 2.62 bits per heavy atom. The van der Waals surface area contributed by atoms with Gasteiger partial charge < -0.3 is 4.74 Å². The zero-order chi connectivity index (χ0) is 15.6. The van der Waals surface area contributed by atoms with E-state index in [2.05, 4.69) is 9.97 Å². The molecule has 6 heteroatoms. The van der Waals surface area contributed by atoms with Gasteiger partial charge in [0.15, 0.2) is 0 Å². The van der Waals surface area contributed by atoms with Gasteiger partial charge >= 0.3 is 0 Å². The van der Waals surface area contributed by atoms with Crippen LogP contribution >= 0.6 is 11.6 Å². The number of hydrogen-bond donors (Lipinski definition) is 0. The highest BCUT2D eigenvalue weighted by molar-refractivity contribution is 6.30. The average molecular weight is 306 g/mol. The number of halogens is 2. The highest BCUT2D eigenvalue weighted by Crippen LogP contribution is 2.29. The van der Waals surface area contributed by atoms with E-state index in [0.29, 0.717) is 16.5 Å². The maximum atomic E-state index is 13.6. The first-order chi connectivity index (χ1) is 9.92. The third-order valence-electron chi connectivity index (χ3n) is 2.85. The molecule has 0 N–H and O–H groups in total. The second kappa shape index (κ2) is 6.06. The second-order valence-electron chi connectivity index (χ2n) is 4.81. The first-order valence-corrected chi connectivity index (χ1v) is 6.71. The Labute approximate surface area is 127 Å². The minimum absolute atomic E-state index is 0.0392. The van der Waals surface area contributed by atoms with E-state index >= 15 is 0 Å². The SMILES string of the molecule is Cc1c(Cl)nc(C(C)C)nc1Oc1ccc(C#N)c(F)c1. The molecule has 108 valence electrons. The number of nitriles is 1. The molecule has 0 atom stereocenters. The van der Waals surface area contributed by atoms with Crippen LogP contribution in [0.15, 0.2) is 18.2 Å². The summed E-state index contributed by atoms with van der Waals surface area (Å²) in [4.78, 5) is 8.47. The van der Waals surface area contributed by atoms with Gasteiger partial charge in [-0.25, -0.2) is 9.37 Å². The Morgan fingerprint density at radius 2 is 2.05 bits per heavy atom. The first-order valence-electron chi connectivity index (χ1n) is 6.34. The molecule has 1 heterocycles. The molecule has 0 aliphatic rings. The standard InChI is InChI=1S/C15H13ClFN3O/c1-8(2)14-19-13(16)9(3)15(20-14)21-11-5-4-10(7-18)12(17)6-11/h4-6,8H,1-3H3. The van der Waals surface area contributed by atoms with Crippen molar-refractivity contribution in [3.05, 3.63) is 46.1 Å². The van der Waals surface area contributed by atoms with E-state index in [1.807, 2.05) is 13.8 Å². The summed E-state index contributed by atoms with van der Waals surface area (Å²) in [6.07, 6.45) is 0. The lowest BCUT2D eigenvalue weighted by molar-refractivity contribution is 0.448. The smallest absolute Gasteiger partial charge is 0.226 e. The number of ether oxygens (including phenoxy) is 1. The molecule has 0 aliphatic carbocycles. The number of benzene rings is 1. The van der Waals surface area contributed by atoms with Gasteiger partial charge in [-0.3, -0.25) is 0 Å². The minimum Gasteiger partial charge on any atom is -0.438 e. The number of hydrogen-bond acceptors (Lipinski definition) is 4. The van der Waals surface area contributed by atoms with Crippen LogP contribution < -0.4 is 4.74 Å². The third-order valence-corrected chi connectivity index (χ3v) is 3.22. The Balaban J connectivity index is 2.39. The van der Waals surface area contributed by atoms with E-state index < -0.39 is 5.82 Å². The number of nitrogens with zero attached hydrogens (tertiary/aromatic N) is 3. The van der Waals surface area contributed by atoms with Crippen LogP contribution in [0.2, 0.25) is 5.15 Å². The summed E-state index contributed by atoms with van der Waals surface area (Å²) in [6.45, 7) is 5.60. The lowest BCUT2D eigenvalue weighted by Gasteiger charge is -2.12. The molecular formula is C15H13ClFN3O. The summed E-state index contributed by atoms with van der Waals surface area (Å²) < 4.78 is 19.2. The summed E-state index contributed by atoms with van der Waals surface area (Å²) in [7, 11) is 0. The molecule has 0 saturated heterocycles. The van der Waals surface area contributed by atoms with Crippen molar-refractivity contribution in [2.45, 2.75) is 26.7 Å². The van der Waals surface area contributed by atoms with E-state index in [-0.39, 0.29) is 23.1 Å². The molecule has 0 bridgehead atoms. The van der Waals surface area contributed by atoms with Gasteiger partial charge in [-0.15, -0.1) is 0 Å². The topological polar surface area (TPSA) is 58.8 Å². The van der Waals surface area contributed by atoms with E-state index in [9.17, 15) is 4.39 Å². The molecular weight excluding hydrogens is 293 g/mol. The summed E-state index contributed by atoms with van der Waals surface area (Å²) in [5.74, 6) is 0.525. The Bertz CT molecular complexity index is 726. The van der Waals surface area contributed by atoms with Crippen LogP contribution in [-0.2, 0) is 0 Å². The van der Waals surface area contributed by atoms with Gasteiger partial charge in [-0.2, -0.15) is 10.2 Å². The van der Waals surface area contributed by atoms with Gasteiger partial charge in [-0.05, 0) is 19.1 Å². The van der Waals surface area contributed by atoms with Crippen LogP contribution in [0.3, 0.4) is 0 Å². The Hall–Kier alpha value is -2.19. The van der Waals surface area contributed by atoms with Gasteiger partial charge in [0.25, 0.3) is 0 Å². The fraction of sp³-hybridized carbons (Fsp3) is 0.267. The lowest BCUT2D eigenvalue weighted by atomic mass is 10.2. The second-order valence-corrected chi connectivity index (χ2v) is 5.17. The van der Waals surface area contributed by atoms with Gasteiger partial charge in [0.2, 0.25) is 5.88 Å². The van der Waals surface area contributed by atoms with Crippen molar-refractivity contribution in [2.75, 3.05) is 0 Å². The zero-order valence-corrected chi connectivity index (χ0v) is 12.6. The zero-order valence-electron chi connectivity index (χ0n) is 11.8. The van der Waals surface area contributed by atoms with Gasteiger partial charge in [-0.1, -0.05) is 25.4 Å². The molecule has 4 nitrogen and oxygen atoms in total. The van der Waals surface area contributed by atoms with Crippen LogP contribution in [0.5, 0.6) is 11.6 Å². The van der Waals surface area contributed by atoms with E-state index in [0.717, 1.165) is 6.07 Å². The number of rotatable bonds is 3. The fourth-order valence-corrected chi connectivity index (χ4v) is 1.77. The molecule has 0 aliphatic heterocycles. The largest absolute Gasteiger partial charge is 0.438 e. The van der Waals surface area contributed by atoms with Crippen molar-refractivity contribution in [1.29, 1.82) is 5.26 Å². The molecule has 0 fully saturated rings. The van der Waals surface area contributed by atoms with Gasteiger partial charge in [0.1, 0.15) is 28.6 Å².